The lowest BCUT2D eigenvalue weighted by Crippen LogP contribution is -2.37. The van der Waals surface area contributed by atoms with E-state index in [1.165, 1.54) is 0 Å². The number of nitriles is 1. The highest BCUT2D eigenvalue weighted by Crippen LogP contribution is 2.28. The van der Waals surface area contributed by atoms with Gasteiger partial charge in [-0.2, -0.15) is 5.26 Å². The van der Waals surface area contributed by atoms with E-state index in [4.69, 9.17) is 16.3 Å². The number of ether oxygens (including phenoxy) is 1. The smallest absolute Gasteiger partial charge is 0.271 e. The molecular weight excluding hydrogens is 290 g/mol. The van der Waals surface area contributed by atoms with Crippen LogP contribution in [0.4, 0.5) is 5.69 Å². The SMILES string of the molecule is N#CC1=C(N2CCOCC2)CN(c2ccc(Cl)cc2)C1=O. The van der Waals surface area contributed by atoms with Crippen molar-refractivity contribution in [3.05, 3.63) is 40.6 Å². The largest absolute Gasteiger partial charge is 0.378 e. The van der Waals surface area contributed by atoms with E-state index < -0.39 is 0 Å². The Balaban J connectivity index is 1.87. The van der Waals surface area contributed by atoms with Gasteiger partial charge in [0.15, 0.2) is 0 Å². The van der Waals surface area contributed by atoms with Gasteiger partial charge in [-0.05, 0) is 24.3 Å². The molecule has 0 radical (unpaired) electrons. The maximum atomic E-state index is 12.4. The van der Waals surface area contributed by atoms with Gasteiger partial charge in [0.25, 0.3) is 5.91 Å². The minimum atomic E-state index is -0.249. The van der Waals surface area contributed by atoms with Gasteiger partial charge >= 0.3 is 0 Å². The zero-order valence-electron chi connectivity index (χ0n) is 11.4. The Morgan fingerprint density at radius 1 is 1.19 bits per heavy atom. The van der Waals surface area contributed by atoms with E-state index >= 15 is 0 Å². The molecule has 5 nitrogen and oxygen atoms in total. The van der Waals surface area contributed by atoms with E-state index in [-0.39, 0.29) is 11.5 Å². The van der Waals surface area contributed by atoms with Crippen LogP contribution in [0.2, 0.25) is 5.02 Å². The van der Waals surface area contributed by atoms with Crippen molar-refractivity contribution in [3.8, 4) is 6.07 Å². The predicted octanol–water partition coefficient (Wildman–Crippen LogP) is 1.80. The summed E-state index contributed by atoms with van der Waals surface area (Å²) < 4.78 is 5.32. The van der Waals surface area contributed by atoms with Gasteiger partial charge < -0.3 is 14.5 Å². The zero-order chi connectivity index (χ0) is 14.8. The molecule has 2 aliphatic heterocycles. The van der Waals surface area contributed by atoms with Crippen LogP contribution in [-0.4, -0.2) is 43.7 Å². The lowest BCUT2D eigenvalue weighted by atomic mass is 10.2. The number of anilines is 1. The van der Waals surface area contributed by atoms with Gasteiger partial charge in [0.05, 0.1) is 25.5 Å². The van der Waals surface area contributed by atoms with Gasteiger partial charge in [-0.3, -0.25) is 4.79 Å². The summed E-state index contributed by atoms with van der Waals surface area (Å²) in [7, 11) is 0. The molecule has 6 heteroatoms. The minimum Gasteiger partial charge on any atom is -0.378 e. The molecule has 0 aliphatic carbocycles. The third kappa shape index (κ3) is 2.60. The van der Waals surface area contributed by atoms with E-state index in [1.54, 1.807) is 29.2 Å². The molecule has 0 spiro atoms. The summed E-state index contributed by atoms with van der Waals surface area (Å²) >= 11 is 5.87. The Bertz CT molecular complexity index is 627. The fraction of sp³-hybridized carbons (Fsp3) is 0.333. The highest BCUT2D eigenvalue weighted by molar-refractivity contribution is 6.30. The lowest BCUT2D eigenvalue weighted by molar-refractivity contribution is -0.114. The number of benzene rings is 1. The molecule has 0 unspecified atom stereocenters. The van der Waals surface area contributed by atoms with Crippen molar-refractivity contribution in [1.82, 2.24) is 4.90 Å². The Morgan fingerprint density at radius 2 is 1.86 bits per heavy atom. The van der Waals surface area contributed by atoms with E-state index in [1.807, 2.05) is 0 Å². The molecule has 1 aromatic rings. The summed E-state index contributed by atoms with van der Waals surface area (Å²) in [5, 5.41) is 9.93. The molecule has 0 N–H and O–H groups in total. The molecule has 1 aromatic carbocycles. The van der Waals surface area contributed by atoms with E-state index in [0.29, 0.717) is 37.9 Å². The molecule has 3 rings (SSSR count). The topological polar surface area (TPSA) is 56.6 Å². The molecule has 0 bridgehead atoms. The number of amides is 1. The molecule has 1 fully saturated rings. The van der Waals surface area contributed by atoms with E-state index in [0.717, 1.165) is 11.4 Å². The molecule has 108 valence electrons. The molecule has 1 saturated heterocycles. The van der Waals surface area contributed by atoms with Crippen molar-refractivity contribution in [2.75, 3.05) is 37.7 Å². The fourth-order valence-electron chi connectivity index (χ4n) is 2.59. The van der Waals surface area contributed by atoms with E-state index in [2.05, 4.69) is 11.0 Å². The van der Waals surface area contributed by atoms with Gasteiger partial charge in [0.1, 0.15) is 11.6 Å². The highest BCUT2D eigenvalue weighted by atomic mass is 35.5. The van der Waals surface area contributed by atoms with Crippen molar-refractivity contribution in [2.24, 2.45) is 0 Å². The van der Waals surface area contributed by atoms with Crippen LogP contribution in [0.25, 0.3) is 0 Å². The Hall–Kier alpha value is -2.03. The first kappa shape index (κ1) is 13.9. The second-order valence-electron chi connectivity index (χ2n) is 4.90. The monoisotopic (exact) mass is 303 g/mol. The van der Waals surface area contributed by atoms with Crippen LogP contribution in [-0.2, 0) is 9.53 Å². The quantitative estimate of drug-likeness (QED) is 0.836. The first-order valence-electron chi connectivity index (χ1n) is 6.74. The number of nitrogens with zero attached hydrogens (tertiary/aromatic N) is 3. The molecule has 0 atom stereocenters. The van der Waals surface area contributed by atoms with Crippen molar-refractivity contribution >= 4 is 23.2 Å². The van der Waals surface area contributed by atoms with Crippen LogP contribution >= 0.6 is 11.6 Å². The molecule has 2 heterocycles. The van der Waals surface area contributed by atoms with Crippen molar-refractivity contribution in [1.29, 1.82) is 5.26 Å². The maximum Gasteiger partial charge on any atom is 0.271 e. The van der Waals surface area contributed by atoms with Crippen molar-refractivity contribution < 1.29 is 9.53 Å². The predicted molar refractivity (Wildman–Crippen MR) is 78.8 cm³/mol. The summed E-state index contributed by atoms with van der Waals surface area (Å²) in [5.41, 5.74) is 1.77. The number of rotatable bonds is 2. The summed E-state index contributed by atoms with van der Waals surface area (Å²) in [4.78, 5) is 16.1. The van der Waals surface area contributed by atoms with Crippen LogP contribution in [0.5, 0.6) is 0 Å². The number of morpholine rings is 1. The first-order valence-corrected chi connectivity index (χ1v) is 7.12. The number of carbonyl (C=O) groups is 1. The Labute approximate surface area is 128 Å². The van der Waals surface area contributed by atoms with Crippen LogP contribution in [0, 0.1) is 11.3 Å². The standard InChI is InChI=1S/C15H14ClN3O2/c16-11-1-3-12(4-2-11)19-10-14(13(9-17)15(19)20)18-5-7-21-8-6-18/h1-4H,5-8,10H2. The third-order valence-electron chi connectivity index (χ3n) is 3.70. The minimum absolute atomic E-state index is 0.229. The van der Waals surface area contributed by atoms with Gasteiger partial charge in [-0.1, -0.05) is 11.6 Å². The van der Waals surface area contributed by atoms with Crippen LogP contribution in [0.3, 0.4) is 0 Å². The third-order valence-corrected chi connectivity index (χ3v) is 3.95. The van der Waals surface area contributed by atoms with Crippen molar-refractivity contribution in [3.63, 3.8) is 0 Å². The van der Waals surface area contributed by atoms with E-state index in [9.17, 15) is 10.1 Å². The van der Waals surface area contributed by atoms with Crippen molar-refractivity contribution in [2.45, 2.75) is 0 Å². The molecule has 21 heavy (non-hydrogen) atoms. The van der Waals surface area contributed by atoms with Crippen LogP contribution in [0.15, 0.2) is 35.5 Å². The number of carbonyl (C=O) groups excluding carboxylic acids is 1. The number of hydrogen-bond acceptors (Lipinski definition) is 4. The van der Waals surface area contributed by atoms with Gasteiger partial charge in [-0.15, -0.1) is 0 Å². The van der Waals surface area contributed by atoms with Crippen LogP contribution < -0.4 is 4.90 Å². The highest BCUT2D eigenvalue weighted by Gasteiger charge is 2.34. The zero-order valence-corrected chi connectivity index (χ0v) is 12.1. The Kier molecular flexibility index (Phi) is 3.82. The molecule has 0 aromatic heterocycles. The second kappa shape index (κ2) is 5.76. The molecule has 0 saturated carbocycles. The molecular formula is C15H14ClN3O2. The maximum absolute atomic E-state index is 12.4. The first-order chi connectivity index (χ1) is 10.2. The van der Waals surface area contributed by atoms with Gasteiger partial charge in [0, 0.05) is 23.8 Å². The Morgan fingerprint density at radius 3 is 2.48 bits per heavy atom. The summed E-state index contributed by atoms with van der Waals surface area (Å²) in [6, 6.07) is 9.11. The van der Waals surface area contributed by atoms with Gasteiger partial charge in [-0.25, -0.2) is 0 Å². The number of halogens is 1. The van der Waals surface area contributed by atoms with Gasteiger partial charge in [0.2, 0.25) is 0 Å². The second-order valence-corrected chi connectivity index (χ2v) is 5.34. The summed E-state index contributed by atoms with van der Waals surface area (Å²) in [5.74, 6) is -0.249. The lowest BCUT2D eigenvalue weighted by Gasteiger charge is -2.30. The average molecular weight is 304 g/mol. The number of hydrogen-bond donors (Lipinski definition) is 0. The molecule has 1 amide bonds. The average Bonchev–Trinajstić information content (AvgIpc) is 2.86. The van der Waals surface area contributed by atoms with Crippen LogP contribution in [0.1, 0.15) is 0 Å². The fourth-order valence-corrected chi connectivity index (χ4v) is 2.72. The summed E-state index contributed by atoms with van der Waals surface area (Å²) in [6.45, 7) is 3.09. The normalized spacial score (nSPS) is 19.1. The molecule has 2 aliphatic rings. The summed E-state index contributed by atoms with van der Waals surface area (Å²) in [6.07, 6.45) is 0.